The number of amides is 1. The summed E-state index contributed by atoms with van der Waals surface area (Å²) in [5.41, 5.74) is 0.139. The van der Waals surface area contributed by atoms with Crippen LogP contribution in [-0.4, -0.2) is 102 Å². The first-order chi connectivity index (χ1) is 17.5. The fourth-order valence-corrected chi connectivity index (χ4v) is 5.25. The van der Waals surface area contributed by atoms with E-state index >= 15 is 0 Å². The van der Waals surface area contributed by atoms with Gasteiger partial charge in [-0.1, -0.05) is 11.6 Å². The van der Waals surface area contributed by atoms with Gasteiger partial charge in [0.2, 0.25) is 0 Å². The van der Waals surface area contributed by atoms with Gasteiger partial charge in [-0.05, 0) is 31.0 Å². The molecule has 1 amide bonds. The van der Waals surface area contributed by atoms with Crippen molar-refractivity contribution in [3.63, 3.8) is 0 Å². The van der Waals surface area contributed by atoms with E-state index in [4.69, 9.17) is 16.3 Å². The summed E-state index contributed by atoms with van der Waals surface area (Å²) in [6, 6.07) is 7.95. The third-order valence-electron chi connectivity index (χ3n) is 7.10. The molecule has 0 spiro atoms. The maximum absolute atomic E-state index is 12.9. The van der Waals surface area contributed by atoms with Gasteiger partial charge in [0.05, 0.1) is 21.6 Å². The van der Waals surface area contributed by atoms with E-state index in [0.29, 0.717) is 32.3 Å². The molecule has 4 heterocycles. The largest absolute Gasteiger partial charge is 0.377 e. The molecule has 0 saturated carbocycles. The van der Waals surface area contributed by atoms with Crippen molar-refractivity contribution >= 4 is 34.8 Å². The van der Waals surface area contributed by atoms with Crippen LogP contribution < -0.4 is 9.80 Å². The third-order valence-corrected chi connectivity index (χ3v) is 7.42. The van der Waals surface area contributed by atoms with E-state index < -0.39 is 4.92 Å². The highest BCUT2D eigenvalue weighted by atomic mass is 35.5. The fourth-order valence-electron chi connectivity index (χ4n) is 4.99. The molecule has 3 fully saturated rings. The summed E-state index contributed by atoms with van der Waals surface area (Å²) in [5, 5.41) is 19.9. The number of rotatable bonds is 6. The second-order valence-electron chi connectivity index (χ2n) is 9.37. The lowest BCUT2D eigenvalue weighted by molar-refractivity contribution is -0.384. The zero-order valence-corrected chi connectivity index (χ0v) is 20.8. The van der Waals surface area contributed by atoms with Gasteiger partial charge < -0.3 is 19.4 Å². The second kappa shape index (κ2) is 10.9. The molecule has 1 atom stereocenters. The van der Waals surface area contributed by atoms with Crippen LogP contribution >= 0.6 is 11.6 Å². The number of nitro groups is 1. The number of carbonyl (C=O) groups is 1. The Kier molecular flexibility index (Phi) is 7.49. The molecular weight excluding hydrogens is 486 g/mol. The number of aromatic nitrogens is 2. The molecule has 0 bridgehead atoms. The molecule has 5 rings (SSSR count). The van der Waals surface area contributed by atoms with Crippen LogP contribution in [0.1, 0.15) is 23.2 Å². The van der Waals surface area contributed by atoms with Crippen LogP contribution in [0.4, 0.5) is 17.3 Å². The average molecular weight is 516 g/mol. The number of benzene rings is 1. The van der Waals surface area contributed by atoms with Gasteiger partial charge in [0.15, 0.2) is 11.6 Å². The van der Waals surface area contributed by atoms with E-state index in [1.807, 2.05) is 12.1 Å². The predicted octanol–water partition coefficient (Wildman–Crippen LogP) is 2.30. The Balaban J connectivity index is 1.11. The summed E-state index contributed by atoms with van der Waals surface area (Å²) in [4.78, 5) is 31.8. The third kappa shape index (κ3) is 5.53. The Bertz CT molecular complexity index is 1080. The van der Waals surface area contributed by atoms with Gasteiger partial charge >= 0.3 is 0 Å². The number of nitro benzene ring substituents is 1. The lowest BCUT2D eigenvalue weighted by atomic mass is 10.1. The summed E-state index contributed by atoms with van der Waals surface area (Å²) < 4.78 is 5.77. The van der Waals surface area contributed by atoms with E-state index in [9.17, 15) is 14.9 Å². The number of halogens is 1. The molecule has 0 N–H and O–H groups in total. The summed E-state index contributed by atoms with van der Waals surface area (Å²) in [6.45, 7) is 7.99. The molecule has 11 nitrogen and oxygen atoms in total. The first kappa shape index (κ1) is 24.7. The molecule has 0 aliphatic carbocycles. The Labute approximate surface area is 214 Å². The number of carbonyl (C=O) groups excluding carboxylic acids is 1. The number of anilines is 2. The number of piperazine rings is 2. The fraction of sp³-hybridized carbons (Fsp3) is 0.542. The maximum Gasteiger partial charge on any atom is 0.270 e. The van der Waals surface area contributed by atoms with Crippen LogP contribution in [0.5, 0.6) is 0 Å². The lowest BCUT2D eigenvalue weighted by Gasteiger charge is -2.37. The van der Waals surface area contributed by atoms with Crippen LogP contribution in [0.3, 0.4) is 0 Å². The minimum atomic E-state index is -0.530. The van der Waals surface area contributed by atoms with Gasteiger partial charge in [0.25, 0.3) is 11.6 Å². The maximum atomic E-state index is 12.9. The van der Waals surface area contributed by atoms with E-state index in [1.54, 1.807) is 4.90 Å². The molecule has 1 aromatic carbocycles. The average Bonchev–Trinajstić information content (AvgIpc) is 3.42. The van der Waals surface area contributed by atoms with Crippen LogP contribution in [0.2, 0.25) is 5.02 Å². The molecule has 192 valence electrons. The quantitative estimate of drug-likeness (QED) is 0.423. The highest BCUT2D eigenvalue weighted by Crippen LogP contribution is 2.25. The van der Waals surface area contributed by atoms with Crippen molar-refractivity contribution in [2.75, 3.05) is 75.3 Å². The highest BCUT2D eigenvalue weighted by Gasteiger charge is 2.26. The smallest absolute Gasteiger partial charge is 0.270 e. The SMILES string of the molecule is O=C(c1ccc([N+](=O)[O-])cc1Cl)N1CCN(c2ccc(N3CCN(CC4CCCO4)CC3)nn2)CC1. The van der Waals surface area contributed by atoms with Crippen LogP contribution in [0, 0.1) is 10.1 Å². The second-order valence-corrected chi connectivity index (χ2v) is 9.78. The van der Waals surface area contributed by atoms with Gasteiger partial charge in [-0.25, -0.2) is 0 Å². The van der Waals surface area contributed by atoms with Gasteiger partial charge in [-0.15, -0.1) is 10.2 Å². The molecule has 1 aromatic heterocycles. The van der Waals surface area contributed by atoms with Gasteiger partial charge in [0.1, 0.15) is 0 Å². The summed E-state index contributed by atoms with van der Waals surface area (Å²) in [7, 11) is 0. The Morgan fingerprint density at radius 3 is 2.17 bits per heavy atom. The van der Waals surface area contributed by atoms with Crippen molar-refractivity contribution in [1.82, 2.24) is 20.0 Å². The van der Waals surface area contributed by atoms with E-state index in [-0.39, 0.29) is 22.2 Å². The first-order valence-corrected chi connectivity index (χ1v) is 12.8. The predicted molar refractivity (Wildman–Crippen MR) is 136 cm³/mol. The van der Waals surface area contributed by atoms with Crippen LogP contribution in [0.25, 0.3) is 0 Å². The summed E-state index contributed by atoms with van der Waals surface area (Å²) in [5.74, 6) is 1.45. The van der Waals surface area contributed by atoms with Crippen LogP contribution in [-0.2, 0) is 4.74 Å². The molecule has 3 saturated heterocycles. The normalized spacial score (nSPS) is 21.1. The van der Waals surface area contributed by atoms with Crippen molar-refractivity contribution in [3.8, 4) is 0 Å². The number of nitrogens with zero attached hydrogens (tertiary/aromatic N) is 7. The highest BCUT2D eigenvalue weighted by molar-refractivity contribution is 6.34. The van der Waals surface area contributed by atoms with Crippen molar-refractivity contribution < 1.29 is 14.5 Å². The molecule has 3 aliphatic rings. The first-order valence-electron chi connectivity index (χ1n) is 12.4. The van der Waals surface area contributed by atoms with Crippen molar-refractivity contribution in [2.45, 2.75) is 18.9 Å². The van der Waals surface area contributed by atoms with Gasteiger partial charge in [-0.2, -0.15) is 0 Å². The minimum Gasteiger partial charge on any atom is -0.377 e. The molecule has 2 aromatic rings. The number of ether oxygens (including phenoxy) is 1. The van der Waals surface area contributed by atoms with E-state index in [2.05, 4.69) is 24.9 Å². The molecule has 12 heteroatoms. The molecule has 0 radical (unpaired) electrons. The molecule has 1 unspecified atom stereocenters. The lowest BCUT2D eigenvalue weighted by Crippen LogP contribution is -2.49. The number of hydrogen-bond donors (Lipinski definition) is 0. The topological polar surface area (TPSA) is 108 Å². The number of non-ortho nitro benzene ring substituents is 1. The van der Waals surface area contributed by atoms with E-state index in [0.717, 1.165) is 51.0 Å². The van der Waals surface area contributed by atoms with Crippen molar-refractivity contribution in [2.24, 2.45) is 0 Å². The summed E-state index contributed by atoms with van der Waals surface area (Å²) in [6.07, 6.45) is 2.73. The van der Waals surface area contributed by atoms with Gasteiger partial charge in [-0.3, -0.25) is 19.8 Å². The zero-order chi connectivity index (χ0) is 25.1. The zero-order valence-electron chi connectivity index (χ0n) is 20.1. The molecule has 36 heavy (non-hydrogen) atoms. The van der Waals surface area contributed by atoms with E-state index in [1.165, 1.54) is 31.0 Å². The minimum absolute atomic E-state index is 0.0887. The standard InChI is InChI=1S/C24H30ClN7O4/c25-21-16-18(32(34)35)3-4-20(21)24(33)31-13-11-30(12-14-31)23-6-5-22(26-27-23)29-9-7-28(8-10-29)17-19-2-1-15-36-19/h3-6,16,19H,1-2,7-15,17H2. The monoisotopic (exact) mass is 515 g/mol. The molecule has 3 aliphatic heterocycles. The Morgan fingerprint density at radius 1 is 1.00 bits per heavy atom. The van der Waals surface area contributed by atoms with Crippen molar-refractivity contribution in [1.29, 1.82) is 0 Å². The van der Waals surface area contributed by atoms with Crippen LogP contribution in [0.15, 0.2) is 30.3 Å². The Morgan fingerprint density at radius 2 is 1.64 bits per heavy atom. The summed E-state index contributed by atoms with van der Waals surface area (Å²) >= 11 is 6.14. The molecular formula is C24H30ClN7O4. The number of hydrogen-bond acceptors (Lipinski definition) is 9. The Hall–Kier alpha value is -3.02. The van der Waals surface area contributed by atoms with Crippen molar-refractivity contribution in [3.05, 3.63) is 51.0 Å². The van der Waals surface area contributed by atoms with Gasteiger partial charge in [0, 0.05) is 77.6 Å².